The second kappa shape index (κ2) is 9.62. The van der Waals surface area contributed by atoms with Gasteiger partial charge < -0.3 is 14.2 Å². The van der Waals surface area contributed by atoms with E-state index in [0.29, 0.717) is 12.2 Å². The van der Waals surface area contributed by atoms with Crippen LogP contribution in [0.3, 0.4) is 0 Å². The van der Waals surface area contributed by atoms with Crippen molar-refractivity contribution < 1.29 is 4.79 Å². The topological polar surface area (TPSA) is 44.1 Å². The zero-order valence-corrected chi connectivity index (χ0v) is 18.9. The highest BCUT2D eigenvalue weighted by Gasteiger charge is 2.25. The Balaban J connectivity index is 1.56. The van der Waals surface area contributed by atoms with E-state index in [9.17, 15) is 4.79 Å². The van der Waals surface area contributed by atoms with Crippen LogP contribution < -0.4 is 0 Å². The number of amides is 1. The molecule has 1 aliphatic rings. The van der Waals surface area contributed by atoms with Gasteiger partial charge >= 0.3 is 0 Å². The number of nitrogens with zero attached hydrogens (tertiary/aromatic N) is 5. The van der Waals surface area contributed by atoms with Gasteiger partial charge in [0.2, 0.25) is 0 Å². The molecule has 1 saturated heterocycles. The molecule has 3 aromatic rings. The van der Waals surface area contributed by atoms with E-state index in [2.05, 4.69) is 46.2 Å². The van der Waals surface area contributed by atoms with Crippen molar-refractivity contribution in [3.8, 4) is 0 Å². The van der Waals surface area contributed by atoms with Crippen molar-refractivity contribution in [2.75, 3.05) is 46.3 Å². The molecule has 1 amide bonds. The van der Waals surface area contributed by atoms with Crippen LogP contribution >= 0.6 is 0 Å². The van der Waals surface area contributed by atoms with Crippen molar-refractivity contribution in [1.82, 2.24) is 24.1 Å². The third-order valence-corrected chi connectivity index (χ3v) is 6.36. The molecule has 0 atom stereocenters. The summed E-state index contributed by atoms with van der Waals surface area (Å²) in [5, 5.41) is 0. The molecule has 0 spiro atoms. The molecule has 0 aliphatic carbocycles. The van der Waals surface area contributed by atoms with Gasteiger partial charge in [-0.2, -0.15) is 0 Å². The Morgan fingerprint density at radius 3 is 2.45 bits per heavy atom. The Morgan fingerprint density at radius 2 is 1.74 bits per heavy atom. The fourth-order valence-corrected chi connectivity index (χ4v) is 4.27. The minimum Gasteiger partial charge on any atom is -0.340 e. The van der Waals surface area contributed by atoms with Gasteiger partial charge in [-0.15, -0.1) is 0 Å². The summed E-state index contributed by atoms with van der Waals surface area (Å²) in [6, 6.07) is 14.4. The number of pyridine rings is 1. The third-order valence-electron chi connectivity index (χ3n) is 6.36. The summed E-state index contributed by atoms with van der Waals surface area (Å²) in [7, 11) is 1.88. The maximum Gasteiger partial charge on any atom is 0.274 e. The summed E-state index contributed by atoms with van der Waals surface area (Å²) in [5.41, 5.74) is 4.79. The number of hydrogen-bond donors (Lipinski definition) is 0. The predicted molar refractivity (Wildman–Crippen MR) is 124 cm³/mol. The standard InChI is InChI=1S/C25H33N5O/c1-4-28-15-17-29(18-16-28)19-22-23(26-24-20(2)9-8-13-30(22)24)25(31)27(3)14-12-21-10-6-5-7-11-21/h5-11,13H,4,12,14-19H2,1-3H3. The number of aryl methyl sites for hydroxylation is 1. The lowest BCUT2D eigenvalue weighted by Gasteiger charge is -2.34. The monoisotopic (exact) mass is 419 g/mol. The van der Waals surface area contributed by atoms with Crippen LogP contribution in [0.15, 0.2) is 48.7 Å². The van der Waals surface area contributed by atoms with Gasteiger partial charge in [0.05, 0.1) is 5.69 Å². The Morgan fingerprint density at radius 1 is 1.03 bits per heavy atom. The molecule has 6 heteroatoms. The molecule has 3 heterocycles. The van der Waals surface area contributed by atoms with E-state index in [1.165, 1.54) is 5.56 Å². The van der Waals surface area contributed by atoms with E-state index in [1.807, 2.05) is 42.4 Å². The van der Waals surface area contributed by atoms with Crippen molar-refractivity contribution in [3.63, 3.8) is 0 Å². The molecule has 0 saturated carbocycles. The Hall–Kier alpha value is -2.70. The highest BCUT2D eigenvalue weighted by atomic mass is 16.2. The van der Waals surface area contributed by atoms with Gasteiger partial charge in [-0.1, -0.05) is 43.3 Å². The zero-order valence-electron chi connectivity index (χ0n) is 18.9. The lowest BCUT2D eigenvalue weighted by atomic mass is 10.1. The number of fused-ring (bicyclic) bond motifs is 1. The Labute approximate surface area is 185 Å². The minimum absolute atomic E-state index is 0.00113. The number of imidazole rings is 1. The second-order valence-corrected chi connectivity index (χ2v) is 8.46. The molecule has 0 radical (unpaired) electrons. The average Bonchev–Trinajstić information content (AvgIpc) is 3.17. The van der Waals surface area contributed by atoms with Crippen LogP contribution in [0.5, 0.6) is 0 Å². The smallest absolute Gasteiger partial charge is 0.274 e. The average molecular weight is 420 g/mol. The molecular formula is C25H33N5O. The second-order valence-electron chi connectivity index (χ2n) is 8.46. The van der Waals surface area contributed by atoms with Gasteiger partial charge in [-0.05, 0) is 37.1 Å². The van der Waals surface area contributed by atoms with Crippen molar-refractivity contribution in [2.45, 2.75) is 26.8 Å². The number of rotatable bonds is 7. The van der Waals surface area contributed by atoms with E-state index in [-0.39, 0.29) is 5.91 Å². The number of aromatic nitrogens is 2. The molecular weight excluding hydrogens is 386 g/mol. The maximum absolute atomic E-state index is 13.4. The molecule has 2 aromatic heterocycles. The van der Waals surface area contributed by atoms with Crippen LogP contribution in [0.4, 0.5) is 0 Å². The lowest BCUT2D eigenvalue weighted by Crippen LogP contribution is -2.46. The van der Waals surface area contributed by atoms with Crippen LogP contribution in [0.1, 0.15) is 34.2 Å². The number of piperazine rings is 1. The van der Waals surface area contributed by atoms with Gasteiger partial charge in [-0.3, -0.25) is 9.69 Å². The molecule has 164 valence electrons. The third kappa shape index (κ3) is 4.81. The van der Waals surface area contributed by atoms with E-state index in [4.69, 9.17) is 4.98 Å². The molecule has 1 fully saturated rings. The first kappa shape index (κ1) is 21.5. The predicted octanol–water partition coefficient (Wildman–Crippen LogP) is 3.09. The van der Waals surface area contributed by atoms with Crippen LogP contribution in [0.25, 0.3) is 5.65 Å². The largest absolute Gasteiger partial charge is 0.340 e. The van der Waals surface area contributed by atoms with E-state index in [0.717, 1.165) is 62.6 Å². The van der Waals surface area contributed by atoms with Crippen LogP contribution in [-0.2, 0) is 13.0 Å². The summed E-state index contributed by atoms with van der Waals surface area (Å²) in [6.45, 7) is 11.0. The highest BCUT2D eigenvalue weighted by molar-refractivity contribution is 5.94. The van der Waals surface area contributed by atoms with Crippen LogP contribution in [0.2, 0.25) is 0 Å². The van der Waals surface area contributed by atoms with Gasteiger partial charge in [0.15, 0.2) is 5.69 Å². The van der Waals surface area contributed by atoms with Crippen molar-refractivity contribution in [2.24, 2.45) is 0 Å². The number of benzene rings is 1. The first-order valence-corrected chi connectivity index (χ1v) is 11.3. The first-order chi connectivity index (χ1) is 15.1. The summed E-state index contributed by atoms with van der Waals surface area (Å²) >= 11 is 0. The van der Waals surface area contributed by atoms with E-state index in [1.54, 1.807) is 0 Å². The highest BCUT2D eigenvalue weighted by Crippen LogP contribution is 2.20. The fraction of sp³-hybridized carbons (Fsp3) is 0.440. The van der Waals surface area contributed by atoms with E-state index < -0.39 is 0 Å². The van der Waals surface area contributed by atoms with Gasteiger partial charge in [0.25, 0.3) is 5.91 Å². The summed E-state index contributed by atoms with van der Waals surface area (Å²) < 4.78 is 2.11. The van der Waals surface area contributed by atoms with Crippen molar-refractivity contribution in [3.05, 3.63) is 71.2 Å². The van der Waals surface area contributed by atoms with Crippen molar-refractivity contribution >= 4 is 11.6 Å². The molecule has 0 unspecified atom stereocenters. The van der Waals surface area contributed by atoms with E-state index >= 15 is 0 Å². The Bertz CT molecular complexity index is 1020. The zero-order chi connectivity index (χ0) is 21.8. The van der Waals surface area contributed by atoms with Crippen LogP contribution in [0, 0.1) is 6.92 Å². The Kier molecular flexibility index (Phi) is 6.68. The number of carbonyl (C=O) groups excluding carboxylic acids is 1. The fourth-order valence-electron chi connectivity index (χ4n) is 4.27. The minimum atomic E-state index is 0.00113. The van der Waals surface area contributed by atoms with Gasteiger partial charge in [0.1, 0.15) is 5.65 Å². The van der Waals surface area contributed by atoms with Crippen molar-refractivity contribution in [1.29, 1.82) is 0 Å². The van der Waals surface area contributed by atoms with Gasteiger partial charge in [-0.25, -0.2) is 4.98 Å². The molecule has 1 aromatic carbocycles. The SMILES string of the molecule is CCN1CCN(Cc2c(C(=O)N(C)CCc3ccccc3)nc3c(C)cccn23)CC1. The number of carbonyl (C=O) groups is 1. The lowest BCUT2D eigenvalue weighted by molar-refractivity contribution is 0.0787. The maximum atomic E-state index is 13.4. The quantitative estimate of drug-likeness (QED) is 0.590. The summed E-state index contributed by atoms with van der Waals surface area (Å²) in [6.07, 6.45) is 2.87. The first-order valence-electron chi connectivity index (χ1n) is 11.3. The molecule has 31 heavy (non-hydrogen) atoms. The molecule has 6 nitrogen and oxygen atoms in total. The number of hydrogen-bond acceptors (Lipinski definition) is 4. The molecule has 1 aliphatic heterocycles. The van der Waals surface area contributed by atoms with Gasteiger partial charge in [0, 0.05) is 52.5 Å². The molecule has 4 rings (SSSR count). The molecule has 0 N–H and O–H groups in total. The summed E-state index contributed by atoms with van der Waals surface area (Å²) in [5.74, 6) is 0.00113. The normalized spacial score (nSPS) is 15.5. The molecule has 0 bridgehead atoms. The van der Waals surface area contributed by atoms with Crippen LogP contribution in [-0.4, -0.2) is 76.3 Å². The summed E-state index contributed by atoms with van der Waals surface area (Å²) in [4.78, 5) is 25.0. The number of likely N-dealkylation sites (N-methyl/N-ethyl adjacent to an activating group) is 2.